The average Bonchev–Trinajstić information content (AvgIpc) is 2.28. The SMILES string of the molecule is CCC(Br)C(C)Cc1ccc(C(C)C)cc1. The predicted octanol–water partition coefficient (Wildman–Crippen LogP) is 5.16. The third-order valence-electron chi connectivity index (χ3n) is 3.21. The summed E-state index contributed by atoms with van der Waals surface area (Å²) in [7, 11) is 0. The standard InChI is InChI=1S/C15H23Br/c1-5-15(16)12(4)10-13-6-8-14(9-7-13)11(2)3/h6-9,11-12,15H,5,10H2,1-4H3. The van der Waals surface area contributed by atoms with Gasteiger partial charge in [-0.05, 0) is 35.8 Å². The van der Waals surface area contributed by atoms with Crippen molar-refractivity contribution in [2.75, 3.05) is 0 Å². The topological polar surface area (TPSA) is 0 Å². The molecule has 0 saturated heterocycles. The summed E-state index contributed by atoms with van der Waals surface area (Å²) in [5, 5.41) is 0. The Kier molecular flexibility index (Phi) is 5.54. The monoisotopic (exact) mass is 282 g/mol. The Morgan fingerprint density at radius 2 is 1.62 bits per heavy atom. The van der Waals surface area contributed by atoms with Crippen LogP contribution in [0.3, 0.4) is 0 Å². The quantitative estimate of drug-likeness (QED) is 0.654. The lowest BCUT2D eigenvalue weighted by Gasteiger charge is -2.17. The van der Waals surface area contributed by atoms with Crippen molar-refractivity contribution in [2.24, 2.45) is 5.92 Å². The van der Waals surface area contributed by atoms with Gasteiger partial charge < -0.3 is 0 Å². The predicted molar refractivity (Wildman–Crippen MR) is 76.4 cm³/mol. The fourth-order valence-corrected chi connectivity index (χ4v) is 2.13. The molecule has 0 nitrogen and oxygen atoms in total. The lowest BCUT2D eigenvalue weighted by Crippen LogP contribution is -2.12. The van der Waals surface area contributed by atoms with E-state index in [9.17, 15) is 0 Å². The second kappa shape index (κ2) is 6.44. The average molecular weight is 283 g/mol. The van der Waals surface area contributed by atoms with E-state index in [1.165, 1.54) is 24.0 Å². The van der Waals surface area contributed by atoms with Crippen molar-refractivity contribution in [3.8, 4) is 0 Å². The second-order valence-electron chi connectivity index (χ2n) is 5.00. The van der Waals surface area contributed by atoms with E-state index >= 15 is 0 Å². The first-order chi connectivity index (χ1) is 7.54. The van der Waals surface area contributed by atoms with Gasteiger partial charge in [0.15, 0.2) is 0 Å². The van der Waals surface area contributed by atoms with Gasteiger partial charge in [-0.1, -0.05) is 67.9 Å². The molecule has 0 aliphatic rings. The Morgan fingerprint density at radius 1 is 1.06 bits per heavy atom. The molecular weight excluding hydrogens is 260 g/mol. The highest BCUT2D eigenvalue weighted by molar-refractivity contribution is 9.09. The fourth-order valence-electron chi connectivity index (χ4n) is 1.94. The first-order valence-corrected chi connectivity index (χ1v) is 7.19. The van der Waals surface area contributed by atoms with E-state index in [-0.39, 0.29) is 0 Å². The summed E-state index contributed by atoms with van der Waals surface area (Å²) in [6.07, 6.45) is 2.37. The van der Waals surface area contributed by atoms with Gasteiger partial charge in [0, 0.05) is 4.83 Å². The maximum absolute atomic E-state index is 3.74. The maximum Gasteiger partial charge on any atom is 0.0172 e. The van der Waals surface area contributed by atoms with Crippen LogP contribution in [-0.4, -0.2) is 4.83 Å². The van der Waals surface area contributed by atoms with Crippen LogP contribution in [0, 0.1) is 5.92 Å². The Bertz CT molecular complexity index is 300. The van der Waals surface area contributed by atoms with Crippen molar-refractivity contribution in [3.63, 3.8) is 0 Å². The van der Waals surface area contributed by atoms with E-state index in [0.29, 0.717) is 16.7 Å². The largest absolute Gasteiger partial charge is 0.0888 e. The Hall–Kier alpha value is -0.300. The molecule has 0 bridgehead atoms. The van der Waals surface area contributed by atoms with Gasteiger partial charge in [-0.25, -0.2) is 0 Å². The highest BCUT2D eigenvalue weighted by Crippen LogP contribution is 2.22. The third kappa shape index (κ3) is 3.93. The molecular formula is C15H23Br. The van der Waals surface area contributed by atoms with Crippen LogP contribution in [0.4, 0.5) is 0 Å². The molecule has 2 unspecified atom stereocenters. The molecule has 0 aromatic heterocycles. The molecule has 0 amide bonds. The van der Waals surface area contributed by atoms with Crippen molar-refractivity contribution in [3.05, 3.63) is 35.4 Å². The number of benzene rings is 1. The van der Waals surface area contributed by atoms with E-state index in [0.717, 1.165) is 0 Å². The molecule has 1 aromatic rings. The minimum absolute atomic E-state index is 0.631. The van der Waals surface area contributed by atoms with Crippen molar-refractivity contribution < 1.29 is 0 Å². The maximum atomic E-state index is 3.74. The van der Waals surface area contributed by atoms with Crippen molar-refractivity contribution >= 4 is 15.9 Å². The Balaban J connectivity index is 2.61. The van der Waals surface area contributed by atoms with Gasteiger partial charge in [-0.2, -0.15) is 0 Å². The molecule has 2 atom stereocenters. The zero-order chi connectivity index (χ0) is 12.1. The third-order valence-corrected chi connectivity index (χ3v) is 4.76. The molecule has 1 rings (SSSR count). The normalized spacial score (nSPS) is 15.1. The van der Waals surface area contributed by atoms with Crippen LogP contribution in [0.1, 0.15) is 51.2 Å². The summed E-state index contributed by atoms with van der Waals surface area (Å²) in [6, 6.07) is 9.09. The zero-order valence-electron chi connectivity index (χ0n) is 10.8. The lowest BCUT2D eigenvalue weighted by atomic mass is 9.94. The van der Waals surface area contributed by atoms with Gasteiger partial charge in [0.1, 0.15) is 0 Å². The summed E-state index contributed by atoms with van der Waals surface area (Å²) in [6.45, 7) is 9.03. The molecule has 0 heterocycles. The molecule has 1 heteroatoms. The molecule has 0 saturated carbocycles. The first-order valence-electron chi connectivity index (χ1n) is 6.27. The van der Waals surface area contributed by atoms with Gasteiger partial charge in [0.25, 0.3) is 0 Å². The van der Waals surface area contributed by atoms with Crippen LogP contribution in [-0.2, 0) is 6.42 Å². The molecule has 0 fully saturated rings. The van der Waals surface area contributed by atoms with Crippen LogP contribution in [0.2, 0.25) is 0 Å². The second-order valence-corrected chi connectivity index (χ2v) is 6.18. The van der Waals surface area contributed by atoms with Crippen LogP contribution in [0.25, 0.3) is 0 Å². The molecule has 0 N–H and O–H groups in total. The van der Waals surface area contributed by atoms with E-state index in [2.05, 4.69) is 67.9 Å². The minimum atomic E-state index is 0.631. The van der Waals surface area contributed by atoms with Crippen molar-refractivity contribution in [2.45, 2.75) is 51.3 Å². The molecule has 0 aliphatic heterocycles. The summed E-state index contributed by atoms with van der Waals surface area (Å²) in [5.41, 5.74) is 2.89. The fraction of sp³-hybridized carbons (Fsp3) is 0.600. The summed E-state index contributed by atoms with van der Waals surface area (Å²) in [4.78, 5) is 0.636. The molecule has 0 radical (unpaired) electrons. The van der Waals surface area contributed by atoms with Gasteiger partial charge in [0.05, 0.1) is 0 Å². The smallest absolute Gasteiger partial charge is 0.0172 e. The van der Waals surface area contributed by atoms with Gasteiger partial charge in [-0.3, -0.25) is 0 Å². The Morgan fingerprint density at radius 3 is 2.06 bits per heavy atom. The summed E-state index contributed by atoms with van der Waals surface area (Å²) in [5.74, 6) is 1.33. The highest BCUT2D eigenvalue weighted by atomic mass is 79.9. The molecule has 90 valence electrons. The van der Waals surface area contributed by atoms with Crippen LogP contribution >= 0.6 is 15.9 Å². The van der Waals surface area contributed by atoms with E-state index < -0.39 is 0 Å². The first kappa shape index (κ1) is 13.8. The number of rotatable bonds is 5. The summed E-state index contributed by atoms with van der Waals surface area (Å²) >= 11 is 3.74. The van der Waals surface area contributed by atoms with E-state index in [1.54, 1.807) is 0 Å². The van der Waals surface area contributed by atoms with Gasteiger partial charge in [0.2, 0.25) is 0 Å². The zero-order valence-corrected chi connectivity index (χ0v) is 12.4. The number of hydrogen-bond donors (Lipinski definition) is 0. The van der Waals surface area contributed by atoms with Gasteiger partial charge in [-0.15, -0.1) is 0 Å². The van der Waals surface area contributed by atoms with Gasteiger partial charge >= 0.3 is 0 Å². The number of halogens is 1. The highest BCUT2D eigenvalue weighted by Gasteiger charge is 2.12. The van der Waals surface area contributed by atoms with E-state index in [1.807, 2.05) is 0 Å². The number of hydrogen-bond acceptors (Lipinski definition) is 0. The molecule has 0 aliphatic carbocycles. The minimum Gasteiger partial charge on any atom is -0.0888 e. The molecule has 16 heavy (non-hydrogen) atoms. The summed E-state index contributed by atoms with van der Waals surface area (Å²) < 4.78 is 0. The molecule has 0 spiro atoms. The van der Waals surface area contributed by atoms with Crippen molar-refractivity contribution in [1.82, 2.24) is 0 Å². The molecule has 1 aromatic carbocycles. The van der Waals surface area contributed by atoms with Crippen molar-refractivity contribution in [1.29, 1.82) is 0 Å². The Labute approximate surface area is 109 Å². The van der Waals surface area contributed by atoms with Crippen LogP contribution < -0.4 is 0 Å². The van der Waals surface area contributed by atoms with Crippen LogP contribution in [0.15, 0.2) is 24.3 Å². The van der Waals surface area contributed by atoms with E-state index in [4.69, 9.17) is 0 Å². The van der Waals surface area contributed by atoms with Crippen LogP contribution in [0.5, 0.6) is 0 Å². The number of alkyl halides is 1. The lowest BCUT2D eigenvalue weighted by molar-refractivity contribution is 0.545.